The van der Waals surface area contributed by atoms with Crippen molar-refractivity contribution in [1.82, 2.24) is 0 Å². The maximum atomic E-state index is 6.19. The second kappa shape index (κ2) is 5.74. The maximum absolute atomic E-state index is 6.19. The third kappa shape index (κ3) is 7.24. The van der Waals surface area contributed by atoms with Gasteiger partial charge in [0.1, 0.15) is 0 Å². The van der Waals surface area contributed by atoms with Gasteiger partial charge in [-0.3, -0.25) is 0 Å². The van der Waals surface area contributed by atoms with Gasteiger partial charge in [0.25, 0.3) is 0 Å². The normalized spacial score (nSPS) is 14.4. The highest BCUT2D eigenvalue weighted by atomic mass is 32.1. The molecule has 15 heavy (non-hydrogen) atoms. The van der Waals surface area contributed by atoms with Crippen LogP contribution in [0.1, 0.15) is 0 Å². The smallest absolute Gasteiger partial charge is 0.311 e. The fourth-order valence-electron chi connectivity index (χ4n) is 1.42. The van der Waals surface area contributed by atoms with E-state index in [1.165, 1.54) is 0 Å². The van der Waals surface area contributed by atoms with E-state index in [0.717, 1.165) is 10.8 Å². The third-order valence-corrected chi connectivity index (χ3v) is 16.3. The molecule has 7 heteroatoms. The predicted molar refractivity (Wildman–Crippen MR) is 82.3 cm³/mol. The Balaban J connectivity index is 4.43. The molecule has 0 radical (unpaired) electrons. The van der Waals surface area contributed by atoms with E-state index in [0.29, 0.717) is 0 Å². The zero-order valence-electron chi connectivity index (χ0n) is 10.6. The molecule has 0 spiro atoms. The SMILES string of the molecule is C[Si](C)(CS)O[Si](C)(C)O[Si](C)(C)CS. The third-order valence-electron chi connectivity index (χ3n) is 1.81. The molecule has 0 saturated carbocycles. The monoisotopic (exact) mass is 300 g/mol. The fourth-order valence-corrected chi connectivity index (χ4v) is 14.3. The molecule has 0 aliphatic rings. The van der Waals surface area contributed by atoms with Crippen LogP contribution in [0, 0.1) is 0 Å². The fraction of sp³-hybridized carbons (Fsp3) is 1.00. The zero-order chi connectivity index (χ0) is 12.3. The Hall–Kier alpha value is 1.27. The van der Waals surface area contributed by atoms with Crippen molar-refractivity contribution in [1.29, 1.82) is 0 Å². The van der Waals surface area contributed by atoms with Crippen LogP contribution in [0.15, 0.2) is 0 Å². The Morgan fingerprint density at radius 3 is 1.20 bits per heavy atom. The van der Waals surface area contributed by atoms with E-state index >= 15 is 0 Å². The predicted octanol–water partition coefficient (Wildman–Crippen LogP) is 3.07. The molecule has 0 atom stereocenters. The highest BCUT2D eigenvalue weighted by molar-refractivity contribution is 7.82. The van der Waals surface area contributed by atoms with Gasteiger partial charge in [-0.05, 0) is 39.3 Å². The van der Waals surface area contributed by atoms with Gasteiger partial charge in [0, 0.05) is 10.8 Å². The molecule has 0 fully saturated rings. The maximum Gasteiger partial charge on any atom is 0.311 e. The largest absolute Gasteiger partial charge is 0.436 e. The van der Waals surface area contributed by atoms with Crippen molar-refractivity contribution in [2.24, 2.45) is 0 Å². The highest BCUT2D eigenvalue weighted by Crippen LogP contribution is 2.21. The number of hydrogen-bond donors (Lipinski definition) is 2. The summed E-state index contributed by atoms with van der Waals surface area (Å²) in [4.78, 5) is 0. The minimum Gasteiger partial charge on any atom is -0.436 e. The minimum atomic E-state index is -1.99. The van der Waals surface area contributed by atoms with Gasteiger partial charge in [-0.1, -0.05) is 0 Å². The first-order valence-electron chi connectivity index (χ1n) is 5.16. The summed E-state index contributed by atoms with van der Waals surface area (Å²) >= 11 is 8.69. The molecule has 0 amide bonds. The van der Waals surface area contributed by atoms with Crippen LogP contribution in [-0.2, 0) is 8.23 Å². The van der Waals surface area contributed by atoms with Gasteiger partial charge in [-0.25, -0.2) is 0 Å². The quantitative estimate of drug-likeness (QED) is 0.580. The van der Waals surface area contributed by atoms with E-state index in [1.807, 2.05) is 0 Å². The molecule has 0 unspecified atom stereocenters. The average molecular weight is 301 g/mol. The van der Waals surface area contributed by atoms with Crippen LogP contribution < -0.4 is 0 Å². The van der Waals surface area contributed by atoms with E-state index in [9.17, 15) is 0 Å². The van der Waals surface area contributed by atoms with Crippen LogP contribution in [0.5, 0.6) is 0 Å². The standard InChI is InChI=1S/C8H24O2S2Si3/c1-13(2,7-11)9-15(5,6)10-14(3,4)8-12/h11-12H,7-8H2,1-6H3. The van der Waals surface area contributed by atoms with Crippen molar-refractivity contribution in [2.75, 3.05) is 10.8 Å². The van der Waals surface area contributed by atoms with Crippen molar-refractivity contribution < 1.29 is 8.23 Å². The van der Waals surface area contributed by atoms with Gasteiger partial charge >= 0.3 is 8.56 Å². The molecule has 0 aliphatic heterocycles. The van der Waals surface area contributed by atoms with Crippen LogP contribution in [0.3, 0.4) is 0 Å². The number of hydrogen-bond acceptors (Lipinski definition) is 4. The van der Waals surface area contributed by atoms with Crippen LogP contribution in [0.2, 0.25) is 39.3 Å². The van der Waals surface area contributed by atoms with Gasteiger partial charge < -0.3 is 8.23 Å². The lowest BCUT2D eigenvalue weighted by Crippen LogP contribution is -2.54. The molecule has 0 aromatic heterocycles. The molecule has 0 aromatic rings. The molecule has 0 saturated heterocycles. The van der Waals surface area contributed by atoms with Gasteiger partial charge in [0.2, 0.25) is 0 Å². The first-order chi connectivity index (χ1) is 6.54. The van der Waals surface area contributed by atoms with Crippen LogP contribution in [0.25, 0.3) is 0 Å². The Kier molecular flexibility index (Phi) is 6.23. The molecular weight excluding hydrogens is 276 g/mol. The van der Waals surface area contributed by atoms with Crippen molar-refractivity contribution >= 4 is 50.5 Å². The van der Waals surface area contributed by atoms with Crippen LogP contribution in [-0.4, -0.2) is 35.9 Å². The average Bonchev–Trinajstić information content (AvgIpc) is 2.00. The summed E-state index contributed by atoms with van der Waals surface area (Å²) < 4.78 is 12.4. The van der Waals surface area contributed by atoms with Crippen molar-refractivity contribution in [3.05, 3.63) is 0 Å². The molecular formula is C8H24O2S2Si3. The Morgan fingerprint density at radius 2 is 1.00 bits per heavy atom. The highest BCUT2D eigenvalue weighted by Gasteiger charge is 2.38. The molecule has 0 aromatic carbocycles. The molecule has 0 N–H and O–H groups in total. The second-order valence-corrected chi connectivity index (χ2v) is 19.4. The summed E-state index contributed by atoms with van der Waals surface area (Å²) in [5, 5.41) is 1.69. The summed E-state index contributed by atoms with van der Waals surface area (Å²) in [7, 11) is -5.24. The van der Waals surface area contributed by atoms with E-state index < -0.39 is 25.2 Å². The van der Waals surface area contributed by atoms with E-state index in [-0.39, 0.29) is 0 Å². The summed E-state index contributed by atoms with van der Waals surface area (Å²) in [6.07, 6.45) is 0. The molecule has 0 aliphatic carbocycles. The van der Waals surface area contributed by atoms with E-state index in [1.54, 1.807) is 0 Å². The Bertz CT molecular complexity index is 190. The molecule has 0 bridgehead atoms. The van der Waals surface area contributed by atoms with Crippen LogP contribution in [0.4, 0.5) is 0 Å². The summed E-state index contributed by atoms with van der Waals surface area (Å²) in [6.45, 7) is 13.0. The van der Waals surface area contributed by atoms with Gasteiger partial charge in [-0.2, -0.15) is 25.3 Å². The number of rotatable bonds is 6. The first kappa shape index (κ1) is 16.3. The Labute approximate surface area is 108 Å². The van der Waals surface area contributed by atoms with Gasteiger partial charge in [0.05, 0.1) is 0 Å². The van der Waals surface area contributed by atoms with Crippen molar-refractivity contribution in [3.8, 4) is 0 Å². The zero-order valence-corrected chi connectivity index (χ0v) is 15.4. The summed E-state index contributed by atoms with van der Waals surface area (Å²) in [6, 6.07) is 0. The summed E-state index contributed by atoms with van der Waals surface area (Å²) in [5.74, 6) is 0. The first-order valence-corrected chi connectivity index (χ1v) is 15.5. The van der Waals surface area contributed by atoms with E-state index in [2.05, 4.69) is 64.5 Å². The lowest BCUT2D eigenvalue weighted by Gasteiger charge is -2.37. The summed E-state index contributed by atoms with van der Waals surface area (Å²) in [5.41, 5.74) is 0. The lowest BCUT2D eigenvalue weighted by molar-refractivity contribution is 0.395. The second-order valence-electron chi connectivity index (χ2n) is 5.44. The minimum absolute atomic E-state index is 0.843. The Morgan fingerprint density at radius 1 is 0.733 bits per heavy atom. The van der Waals surface area contributed by atoms with E-state index in [4.69, 9.17) is 8.23 Å². The lowest BCUT2D eigenvalue weighted by atomic mass is 11.8. The van der Waals surface area contributed by atoms with Crippen LogP contribution >= 0.6 is 25.3 Å². The number of thiol groups is 2. The molecule has 0 rings (SSSR count). The van der Waals surface area contributed by atoms with Crippen molar-refractivity contribution in [3.63, 3.8) is 0 Å². The van der Waals surface area contributed by atoms with Crippen molar-refractivity contribution in [2.45, 2.75) is 39.3 Å². The molecule has 2 nitrogen and oxygen atoms in total. The topological polar surface area (TPSA) is 18.5 Å². The van der Waals surface area contributed by atoms with Gasteiger partial charge in [-0.15, -0.1) is 0 Å². The molecule has 0 heterocycles. The molecule has 92 valence electrons. The van der Waals surface area contributed by atoms with Gasteiger partial charge in [0.15, 0.2) is 16.6 Å².